The van der Waals surface area contributed by atoms with E-state index in [1.54, 1.807) is 4.90 Å². The molecule has 6 nitrogen and oxygen atoms in total. The monoisotopic (exact) mass is 297 g/mol. The molecule has 2 rings (SSSR count). The van der Waals surface area contributed by atoms with Crippen LogP contribution in [0.5, 0.6) is 0 Å². The second kappa shape index (κ2) is 6.83. The van der Waals surface area contributed by atoms with E-state index in [-0.39, 0.29) is 30.9 Å². The number of amides is 2. The fraction of sp³-hybridized carbons (Fsp3) is 0.538. The molecule has 1 aromatic heterocycles. The molecule has 2 heterocycles. The number of carbonyl (C=O) groups excluding carboxylic acids is 2. The molecule has 1 fully saturated rings. The summed E-state index contributed by atoms with van der Waals surface area (Å²) >= 11 is 1.47. The lowest BCUT2D eigenvalue weighted by atomic mass is 10.1. The van der Waals surface area contributed by atoms with Crippen LogP contribution in [-0.4, -0.2) is 49.6 Å². The Labute approximate surface area is 121 Å². The minimum atomic E-state index is -0.536. The number of piperazine rings is 1. The summed E-state index contributed by atoms with van der Waals surface area (Å²) < 4.78 is 5.14. The molecular formula is C13H19N3O3S. The van der Waals surface area contributed by atoms with E-state index in [9.17, 15) is 9.59 Å². The quantitative estimate of drug-likeness (QED) is 0.808. The summed E-state index contributed by atoms with van der Waals surface area (Å²) in [5.74, 6) is -0.232. The van der Waals surface area contributed by atoms with Crippen LogP contribution in [0.15, 0.2) is 17.5 Å². The third-order valence-electron chi connectivity index (χ3n) is 3.34. The summed E-state index contributed by atoms with van der Waals surface area (Å²) in [6.45, 7) is 1.27. The molecule has 0 saturated carbocycles. The highest BCUT2D eigenvalue weighted by molar-refractivity contribution is 7.10. The standard InChI is InChI=1S/C13H19N3O3S/c1-19-9(8-14)7-11(17)16-5-4-15-13(18)12(16)10-3-2-6-20-10/h2-3,6,9,12H,4-5,7-8,14H2,1H3,(H,15,18). The molecule has 7 heteroatoms. The second-order valence-electron chi connectivity index (χ2n) is 4.59. The molecule has 1 saturated heterocycles. The van der Waals surface area contributed by atoms with Crippen LogP contribution >= 0.6 is 11.3 Å². The Hall–Kier alpha value is -1.44. The molecule has 0 spiro atoms. The van der Waals surface area contributed by atoms with E-state index in [0.29, 0.717) is 13.1 Å². The molecule has 2 amide bonds. The largest absolute Gasteiger partial charge is 0.380 e. The van der Waals surface area contributed by atoms with E-state index in [0.717, 1.165) is 4.88 Å². The summed E-state index contributed by atoms with van der Waals surface area (Å²) in [6, 6.07) is 3.21. The number of rotatable bonds is 5. The Balaban J connectivity index is 2.14. The lowest BCUT2D eigenvalue weighted by Crippen LogP contribution is -2.52. The molecule has 1 aromatic rings. The number of carbonyl (C=O) groups is 2. The molecule has 2 unspecified atom stereocenters. The average Bonchev–Trinajstić information content (AvgIpc) is 2.98. The Bertz CT molecular complexity index is 459. The van der Waals surface area contributed by atoms with E-state index in [1.807, 2.05) is 17.5 Å². The third-order valence-corrected chi connectivity index (χ3v) is 4.27. The molecule has 1 aliphatic heterocycles. The highest BCUT2D eigenvalue weighted by Gasteiger charge is 2.35. The van der Waals surface area contributed by atoms with E-state index in [2.05, 4.69) is 5.32 Å². The summed E-state index contributed by atoms with van der Waals surface area (Å²) in [4.78, 5) is 27.0. The van der Waals surface area contributed by atoms with Crippen molar-refractivity contribution >= 4 is 23.2 Å². The molecule has 110 valence electrons. The SMILES string of the molecule is COC(CN)CC(=O)N1CCNC(=O)C1c1cccs1. The number of thiophene rings is 1. The van der Waals surface area contributed by atoms with Gasteiger partial charge in [0.15, 0.2) is 0 Å². The number of nitrogens with zero attached hydrogens (tertiary/aromatic N) is 1. The lowest BCUT2D eigenvalue weighted by molar-refractivity contribution is -0.145. The maximum Gasteiger partial charge on any atom is 0.248 e. The van der Waals surface area contributed by atoms with Crippen molar-refractivity contribution in [3.8, 4) is 0 Å². The van der Waals surface area contributed by atoms with Gasteiger partial charge in [-0.15, -0.1) is 11.3 Å². The van der Waals surface area contributed by atoms with Crippen molar-refractivity contribution in [2.24, 2.45) is 5.73 Å². The van der Waals surface area contributed by atoms with Gasteiger partial charge in [0.05, 0.1) is 12.5 Å². The summed E-state index contributed by atoms with van der Waals surface area (Å²) in [6.07, 6.45) is -0.112. The highest BCUT2D eigenvalue weighted by atomic mass is 32.1. The predicted molar refractivity (Wildman–Crippen MR) is 76.3 cm³/mol. The number of hydrogen-bond donors (Lipinski definition) is 2. The van der Waals surface area contributed by atoms with E-state index in [4.69, 9.17) is 10.5 Å². The first kappa shape index (κ1) is 15.0. The van der Waals surface area contributed by atoms with Gasteiger partial charge in [0.25, 0.3) is 0 Å². The smallest absolute Gasteiger partial charge is 0.248 e. The minimum Gasteiger partial charge on any atom is -0.380 e. The number of hydrogen-bond acceptors (Lipinski definition) is 5. The van der Waals surface area contributed by atoms with Gasteiger partial charge in [-0.2, -0.15) is 0 Å². The molecule has 0 aliphatic carbocycles. The lowest BCUT2D eigenvalue weighted by Gasteiger charge is -2.35. The zero-order valence-corrected chi connectivity index (χ0v) is 12.2. The Morgan fingerprint density at radius 3 is 3.10 bits per heavy atom. The fourth-order valence-electron chi connectivity index (χ4n) is 2.24. The van der Waals surface area contributed by atoms with Crippen LogP contribution in [0.3, 0.4) is 0 Å². The van der Waals surface area contributed by atoms with Gasteiger partial charge in [-0.25, -0.2) is 0 Å². The first-order valence-electron chi connectivity index (χ1n) is 6.50. The van der Waals surface area contributed by atoms with Gasteiger partial charge >= 0.3 is 0 Å². The van der Waals surface area contributed by atoms with Gasteiger partial charge < -0.3 is 20.7 Å². The van der Waals surface area contributed by atoms with Crippen LogP contribution in [0, 0.1) is 0 Å². The van der Waals surface area contributed by atoms with Crippen molar-refractivity contribution in [3.05, 3.63) is 22.4 Å². The summed E-state index contributed by atoms with van der Waals surface area (Å²) in [5, 5.41) is 4.70. The molecule has 3 N–H and O–H groups in total. The highest BCUT2D eigenvalue weighted by Crippen LogP contribution is 2.27. The van der Waals surface area contributed by atoms with E-state index >= 15 is 0 Å². The first-order valence-corrected chi connectivity index (χ1v) is 7.38. The van der Waals surface area contributed by atoms with Gasteiger partial charge in [-0.1, -0.05) is 6.07 Å². The van der Waals surface area contributed by atoms with E-state index in [1.165, 1.54) is 18.4 Å². The van der Waals surface area contributed by atoms with Crippen molar-refractivity contribution in [3.63, 3.8) is 0 Å². The molecule has 20 heavy (non-hydrogen) atoms. The van der Waals surface area contributed by atoms with Crippen LogP contribution in [0.4, 0.5) is 0 Å². The Morgan fingerprint density at radius 1 is 1.70 bits per heavy atom. The first-order chi connectivity index (χ1) is 9.67. The van der Waals surface area contributed by atoms with Gasteiger partial charge in [0, 0.05) is 31.6 Å². The second-order valence-corrected chi connectivity index (χ2v) is 5.57. The maximum atomic E-state index is 12.4. The molecular weight excluding hydrogens is 278 g/mol. The van der Waals surface area contributed by atoms with Crippen LogP contribution in [0.25, 0.3) is 0 Å². The van der Waals surface area contributed by atoms with Crippen molar-refractivity contribution in [1.29, 1.82) is 0 Å². The van der Waals surface area contributed by atoms with Gasteiger partial charge in [0.1, 0.15) is 6.04 Å². The number of nitrogens with two attached hydrogens (primary N) is 1. The number of methoxy groups -OCH3 is 1. The zero-order valence-electron chi connectivity index (χ0n) is 11.4. The Kier molecular flexibility index (Phi) is 5.11. The zero-order chi connectivity index (χ0) is 14.5. The normalized spacial score (nSPS) is 20.6. The maximum absolute atomic E-state index is 12.4. The molecule has 2 atom stereocenters. The third kappa shape index (κ3) is 3.17. The van der Waals surface area contributed by atoms with Gasteiger partial charge in [-0.05, 0) is 11.4 Å². The predicted octanol–water partition coefficient (Wildman–Crippen LogP) is 0.111. The van der Waals surface area contributed by atoms with Crippen LogP contribution in [-0.2, 0) is 14.3 Å². The molecule has 1 aliphatic rings. The van der Waals surface area contributed by atoms with Crippen molar-refractivity contribution in [2.75, 3.05) is 26.7 Å². The summed E-state index contributed by atoms with van der Waals surface area (Å²) in [5.41, 5.74) is 5.54. The van der Waals surface area contributed by atoms with Crippen molar-refractivity contribution < 1.29 is 14.3 Å². The topological polar surface area (TPSA) is 84.7 Å². The van der Waals surface area contributed by atoms with Gasteiger partial charge in [-0.3, -0.25) is 9.59 Å². The minimum absolute atomic E-state index is 0.101. The molecule has 0 radical (unpaired) electrons. The average molecular weight is 297 g/mol. The van der Waals surface area contributed by atoms with E-state index < -0.39 is 6.04 Å². The molecule has 0 aromatic carbocycles. The van der Waals surface area contributed by atoms with Crippen LogP contribution in [0.1, 0.15) is 17.3 Å². The van der Waals surface area contributed by atoms with Crippen LogP contribution < -0.4 is 11.1 Å². The Morgan fingerprint density at radius 2 is 2.50 bits per heavy atom. The fourth-order valence-corrected chi connectivity index (χ4v) is 3.07. The van der Waals surface area contributed by atoms with Crippen molar-refractivity contribution in [2.45, 2.75) is 18.6 Å². The molecule has 0 bridgehead atoms. The number of nitrogens with one attached hydrogen (secondary N) is 1. The van der Waals surface area contributed by atoms with Crippen LogP contribution in [0.2, 0.25) is 0 Å². The van der Waals surface area contributed by atoms with Crippen molar-refractivity contribution in [1.82, 2.24) is 10.2 Å². The summed E-state index contributed by atoms with van der Waals surface area (Å²) in [7, 11) is 1.53. The number of ether oxygens (including phenoxy) is 1. The van der Waals surface area contributed by atoms with Gasteiger partial charge in [0.2, 0.25) is 11.8 Å².